The predicted molar refractivity (Wildman–Crippen MR) is 38.2 cm³/mol. The first-order valence-corrected chi connectivity index (χ1v) is 3.56. The third kappa shape index (κ3) is 1.53. The second-order valence-corrected chi connectivity index (χ2v) is 2.80. The summed E-state index contributed by atoms with van der Waals surface area (Å²) in [6.07, 6.45) is 8.23. The molecule has 0 saturated carbocycles. The van der Waals surface area contributed by atoms with Crippen LogP contribution in [0.15, 0.2) is 24.8 Å². The maximum atomic E-state index is 2.17. The van der Waals surface area contributed by atoms with E-state index in [9.17, 15) is 0 Å². The Morgan fingerprint density at radius 1 is 1.00 bits per heavy atom. The van der Waals surface area contributed by atoms with Gasteiger partial charge in [-0.1, -0.05) is 0 Å². The lowest BCUT2D eigenvalue weighted by Crippen LogP contribution is -2.40. The highest BCUT2D eigenvalue weighted by Crippen LogP contribution is 1.86. The molecule has 0 aliphatic rings. The number of aryl methyl sites for hydroxylation is 1. The van der Waals surface area contributed by atoms with Gasteiger partial charge in [0.05, 0.1) is 0 Å². The summed E-state index contributed by atoms with van der Waals surface area (Å²) in [4.78, 5) is 0. The third-order valence-electron chi connectivity index (χ3n) is 1.54. The maximum Gasteiger partial charge on any atom is 0.233 e. The molecule has 0 atom stereocenters. The van der Waals surface area contributed by atoms with Gasteiger partial charge in [-0.15, -0.1) is 0 Å². The smallest absolute Gasteiger partial charge is 0.197 e. The summed E-state index contributed by atoms with van der Waals surface area (Å²) in [5.74, 6) is 0. The molecule has 54 valence electrons. The summed E-state index contributed by atoms with van der Waals surface area (Å²) < 4.78 is 4.19. The fourth-order valence-electron chi connectivity index (χ4n) is 0.808. The molecule has 2 nitrogen and oxygen atoms in total. The SMILES string of the molecule is CC(C)[n+]1cc[n+](C)cc1. The lowest BCUT2D eigenvalue weighted by molar-refractivity contribution is -0.752. The van der Waals surface area contributed by atoms with E-state index in [1.165, 1.54) is 0 Å². The van der Waals surface area contributed by atoms with Crippen LogP contribution in [0.25, 0.3) is 0 Å². The van der Waals surface area contributed by atoms with Crippen molar-refractivity contribution in [3.8, 4) is 0 Å². The Morgan fingerprint density at radius 3 is 1.90 bits per heavy atom. The van der Waals surface area contributed by atoms with Crippen molar-refractivity contribution in [3.63, 3.8) is 0 Å². The van der Waals surface area contributed by atoms with Gasteiger partial charge in [0.2, 0.25) is 24.8 Å². The van der Waals surface area contributed by atoms with Crippen molar-refractivity contribution in [2.75, 3.05) is 0 Å². The molecule has 0 N–H and O–H groups in total. The van der Waals surface area contributed by atoms with Gasteiger partial charge in [0, 0.05) is 0 Å². The van der Waals surface area contributed by atoms with Crippen LogP contribution in [-0.4, -0.2) is 0 Å². The van der Waals surface area contributed by atoms with E-state index in [1.54, 1.807) is 0 Å². The Balaban J connectivity index is 2.89. The average Bonchev–Trinajstić information content (AvgIpc) is 1.88. The first kappa shape index (κ1) is 7.19. The van der Waals surface area contributed by atoms with E-state index in [2.05, 4.69) is 30.8 Å². The van der Waals surface area contributed by atoms with Crippen LogP contribution in [-0.2, 0) is 7.05 Å². The van der Waals surface area contributed by atoms with E-state index in [-0.39, 0.29) is 0 Å². The van der Waals surface area contributed by atoms with Crippen molar-refractivity contribution >= 4 is 0 Å². The van der Waals surface area contributed by atoms with E-state index in [0.29, 0.717) is 6.04 Å². The van der Waals surface area contributed by atoms with E-state index in [4.69, 9.17) is 0 Å². The monoisotopic (exact) mass is 138 g/mol. The van der Waals surface area contributed by atoms with Crippen LogP contribution in [0.5, 0.6) is 0 Å². The first-order valence-electron chi connectivity index (χ1n) is 3.56. The third-order valence-corrected chi connectivity index (χ3v) is 1.54. The summed E-state index contributed by atoms with van der Waals surface area (Å²) >= 11 is 0. The number of aromatic nitrogens is 2. The lowest BCUT2D eigenvalue weighted by Gasteiger charge is -1.95. The Hall–Kier alpha value is -0.920. The van der Waals surface area contributed by atoms with E-state index >= 15 is 0 Å². The van der Waals surface area contributed by atoms with E-state index < -0.39 is 0 Å². The minimum atomic E-state index is 0.557. The van der Waals surface area contributed by atoms with Crippen LogP contribution in [0.4, 0.5) is 0 Å². The summed E-state index contributed by atoms with van der Waals surface area (Å²) in [6.45, 7) is 4.33. The van der Waals surface area contributed by atoms with Crippen molar-refractivity contribution in [1.29, 1.82) is 0 Å². The van der Waals surface area contributed by atoms with Gasteiger partial charge in [-0.25, -0.2) is 0 Å². The molecule has 0 amide bonds. The molecule has 1 rings (SSSR count). The van der Waals surface area contributed by atoms with E-state index in [0.717, 1.165) is 0 Å². The molecule has 0 aliphatic carbocycles. The van der Waals surface area contributed by atoms with Gasteiger partial charge in [0.15, 0.2) is 6.04 Å². The quantitative estimate of drug-likeness (QED) is 0.496. The molecule has 0 bridgehead atoms. The summed E-state index contributed by atoms with van der Waals surface area (Å²) in [7, 11) is 2.02. The highest BCUT2D eigenvalue weighted by atomic mass is 15.0. The zero-order valence-corrected chi connectivity index (χ0v) is 6.78. The minimum absolute atomic E-state index is 0.557. The van der Waals surface area contributed by atoms with Crippen LogP contribution in [0.2, 0.25) is 0 Å². The summed E-state index contributed by atoms with van der Waals surface area (Å²) in [5, 5.41) is 0. The molecular weight excluding hydrogens is 124 g/mol. The van der Waals surface area contributed by atoms with Gasteiger partial charge in [-0.05, 0) is 13.8 Å². The molecule has 0 fully saturated rings. The summed E-state index contributed by atoms with van der Waals surface area (Å²) in [5.41, 5.74) is 0. The van der Waals surface area contributed by atoms with Gasteiger partial charge in [-0.3, -0.25) is 0 Å². The lowest BCUT2D eigenvalue weighted by atomic mass is 10.4. The maximum absolute atomic E-state index is 2.17. The van der Waals surface area contributed by atoms with Crippen molar-refractivity contribution < 1.29 is 9.13 Å². The molecule has 0 spiro atoms. The van der Waals surface area contributed by atoms with Gasteiger partial charge >= 0.3 is 0 Å². The molecule has 0 radical (unpaired) electrons. The largest absolute Gasteiger partial charge is 0.233 e. The molecule has 0 saturated heterocycles. The fraction of sp³-hybridized carbons (Fsp3) is 0.500. The molecule has 1 aromatic rings. The molecule has 1 heterocycles. The second-order valence-electron chi connectivity index (χ2n) is 2.80. The van der Waals surface area contributed by atoms with Crippen LogP contribution >= 0.6 is 0 Å². The Bertz CT molecular complexity index is 201. The fourth-order valence-corrected chi connectivity index (χ4v) is 0.808. The molecule has 10 heavy (non-hydrogen) atoms. The van der Waals surface area contributed by atoms with Crippen LogP contribution in [0.1, 0.15) is 19.9 Å². The minimum Gasteiger partial charge on any atom is -0.197 e. The second kappa shape index (κ2) is 2.78. The van der Waals surface area contributed by atoms with Crippen molar-refractivity contribution in [2.24, 2.45) is 7.05 Å². The molecular formula is C8H14N2+2. The molecule has 1 aromatic heterocycles. The van der Waals surface area contributed by atoms with Crippen LogP contribution in [0, 0.1) is 0 Å². The Labute approximate surface area is 61.8 Å². The zero-order chi connectivity index (χ0) is 7.56. The van der Waals surface area contributed by atoms with Crippen molar-refractivity contribution in [1.82, 2.24) is 0 Å². The van der Waals surface area contributed by atoms with Crippen LogP contribution < -0.4 is 9.13 Å². The zero-order valence-electron chi connectivity index (χ0n) is 6.78. The highest BCUT2D eigenvalue weighted by molar-refractivity contribution is 4.53. The normalized spacial score (nSPS) is 10.4. The standard InChI is InChI=1S/C8H14N2/c1-8(2)10-6-4-9(3)5-7-10/h4-8H,1-3H3/q+2. The Morgan fingerprint density at radius 2 is 1.50 bits per heavy atom. The van der Waals surface area contributed by atoms with Gasteiger partial charge in [0.25, 0.3) is 0 Å². The molecule has 0 aliphatic heterocycles. The molecule has 2 heteroatoms. The van der Waals surface area contributed by atoms with Gasteiger partial charge < -0.3 is 0 Å². The van der Waals surface area contributed by atoms with Crippen molar-refractivity contribution in [3.05, 3.63) is 24.8 Å². The number of nitrogens with zero attached hydrogens (tertiary/aromatic N) is 2. The van der Waals surface area contributed by atoms with Gasteiger partial charge in [-0.2, -0.15) is 9.13 Å². The highest BCUT2D eigenvalue weighted by Gasteiger charge is 2.05. The number of hydrogen-bond donors (Lipinski definition) is 0. The predicted octanol–water partition coefficient (Wildman–Crippen LogP) is 0.379. The first-order chi connectivity index (χ1) is 4.70. The number of rotatable bonds is 1. The van der Waals surface area contributed by atoms with Gasteiger partial charge in [0.1, 0.15) is 7.05 Å². The van der Waals surface area contributed by atoms with Crippen molar-refractivity contribution in [2.45, 2.75) is 19.9 Å². The molecule has 0 unspecified atom stereocenters. The average molecular weight is 138 g/mol. The number of hydrogen-bond acceptors (Lipinski definition) is 0. The Kier molecular flexibility index (Phi) is 2.00. The molecule has 0 aromatic carbocycles. The van der Waals surface area contributed by atoms with Crippen LogP contribution in [0.3, 0.4) is 0 Å². The summed E-state index contributed by atoms with van der Waals surface area (Å²) in [6, 6.07) is 0.557. The van der Waals surface area contributed by atoms with E-state index in [1.807, 2.05) is 24.0 Å². The topological polar surface area (TPSA) is 7.76 Å².